The number of carbonyl (C=O) groups is 1. The summed E-state index contributed by atoms with van der Waals surface area (Å²) in [5.74, 6) is 1.20. The van der Waals surface area contributed by atoms with Crippen LogP contribution in [-0.4, -0.2) is 36.6 Å². The van der Waals surface area contributed by atoms with E-state index < -0.39 is 0 Å². The molecule has 0 bridgehead atoms. The number of amides is 1. The normalized spacial score (nSPS) is 10.4. The second kappa shape index (κ2) is 8.44. The Morgan fingerprint density at radius 2 is 1.88 bits per heavy atom. The number of carbonyl (C=O) groups excluding carboxylic acids is 1. The fourth-order valence-corrected chi connectivity index (χ4v) is 3.11. The molecular weight excluding hydrogens is 350 g/mol. The third-order valence-electron chi connectivity index (χ3n) is 3.72. The smallest absolute Gasteiger partial charge is 0.231 e. The zero-order chi connectivity index (χ0) is 18.4. The number of benzene rings is 1. The number of rotatable bonds is 7. The maximum Gasteiger partial charge on any atom is 0.231 e. The van der Waals surface area contributed by atoms with Gasteiger partial charge in [-0.15, -0.1) is 11.3 Å². The van der Waals surface area contributed by atoms with E-state index in [1.165, 1.54) is 11.3 Å². The van der Waals surface area contributed by atoms with E-state index in [0.717, 1.165) is 11.4 Å². The van der Waals surface area contributed by atoms with Gasteiger partial charge in [0.1, 0.15) is 5.69 Å². The number of pyridine rings is 1. The van der Waals surface area contributed by atoms with Crippen LogP contribution in [0.4, 0.5) is 5.13 Å². The largest absolute Gasteiger partial charge is 0.493 e. The van der Waals surface area contributed by atoms with E-state index in [2.05, 4.69) is 9.97 Å². The van der Waals surface area contributed by atoms with Gasteiger partial charge in [0.25, 0.3) is 0 Å². The molecule has 0 aliphatic carbocycles. The van der Waals surface area contributed by atoms with Crippen LogP contribution in [0.15, 0.2) is 54.0 Å². The van der Waals surface area contributed by atoms with E-state index in [-0.39, 0.29) is 18.9 Å². The lowest BCUT2D eigenvalue weighted by molar-refractivity contribution is -0.118. The number of hydrogen-bond donors (Lipinski definition) is 0. The molecular formula is C19H19N3O3S. The molecule has 2 aromatic heterocycles. The summed E-state index contributed by atoms with van der Waals surface area (Å²) in [5, 5.41) is 2.53. The van der Waals surface area contributed by atoms with Gasteiger partial charge in [0.05, 0.1) is 25.8 Å². The minimum atomic E-state index is -0.0678. The van der Waals surface area contributed by atoms with Crippen molar-refractivity contribution < 1.29 is 14.3 Å². The van der Waals surface area contributed by atoms with Crippen LogP contribution in [0.2, 0.25) is 0 Å². The highest BCUT2D eigenvalue weighted by Crippen LogP contribution is 2.27. The number of hydrogen-bond acceptors (Lipinski definition) is 6. The van der Waals surface area contributed by atoms with Gasteiger partial charge in [0, 0.05) is 18.6 Å². The molecule has 0 unspecified atom stereocenters. The van der Waals surface area contributed by atoms with Gasteiger partial charge in [0.15, 0.2) is 16.6 Å². The second-order valence-electron chi connectivity index (χ2n) is 5.43. The molecule has 0 saturated carbocycles. The molecule has 0 radical (unpaired) electrons. The highest BCUT2D eigenvalue weighted by molar-refractivity contribution is 7.14. The molecule has 7 heteroatoms. The van der Waals surface area contributed by atoms with Crippen LogP contribution in [0, 0.1) is 0 Å². The molecule has 26 heavy (non-hydrogen) atoms. The van der Waals surface area contributed by atoms with E-state index in [4.69, 9.17) is 9.47 Å². The molecule has 6 nitrogen and oxygen atoms in total. The highest BCUT2D eigenvalue weighted by atomic mass is 32.1. The van der Waals surface area contributed by atoms with Crippen molar-refractivity contribution in [2.24, 2.45) is 0 Å². The van der Waals surface area contributed by atoms with E-state index in [9.17, 15) is 4.79 Å². The number of nitrogens with zero attached hydrogens (tertiary/aromatic N) is 3. The van der Waals surface area contributed by atoms with Gasteiger partial charge in [0.2, 0.25) is 5.91 Å². The highest BCUT2D eigenvalue weighted by Gasteiger charge is 2.16. The summed E-state index contributed by atoms with van der Waals surface area (Å²) in [6.07, 6.45) is 1.96. The Labute approximate surface area is 156 Å². The number of aromatic nitrogens is 2. The van der Waals surface area contributed by atoms with Crippen LogP contribution in [0.25, 0.3) is 11.4 Å². The second-order valence-corrected chi connectivity index (χ2v) is 6.27. The van der Waals surface area contributed by atoms with Crippen molar-refractivity contribution in [3.8, 4) is 22.9 Å². The zero-order valence-electron chi connectivity index (χ0n) is 14.6. The minimum absolute atomic E-state index is 0.0678. The Balaban J connectivity index is 1.57. The Morgan fingerprint density at radius 1 is 1.12 bits per heavy atom. The van der Waals surface area contributed by atoms with Crippen LogP contribution in [0.5, 0.6) is 11.5 Å². The molecule has 0 aliphatic rings. The summed E-state index contributed by atoms with van der Waals surface area (Å²) in [4.78, 5) is 22.7. The van der Waals surface area contributed by atoms with E-state index in [1.54, 1.807) is 25.3 Å². The van der Waals surface area contributed by atoms with Crippen molar-refractivity contribution in [3.05, 3.63) is 54.0 Å². The zero-order valence-corrected chi connectivity index (χ0v) is 15.4. The molecule has 0 N–H and O–H groups in total. The third kappa shape index (κ3) is 4.18. The first kappa shape index (κ1) is 17.9. The lowest BCUT2D eigenvalue weighted by Crippen LogP contribution is -2.27. The summed E-state index contributed by atoms with van der Waals surface area (Å²) in [5.41, 5.74) is 1.55. The first-order valence-electron chi connectivity index (χ1n) is 8.08. The number of thiazole rings is 1. The summed E-state index contributed by atoms with van der Waals surface area (Å²) in [6, 6.07) is 13.0. The fraction of sp³-hybridized carbons (Fsp3) is 0.211. The molecule has 1 aromatic carbocycles. The van der Waals surface area contributed by atoms with E-state index >= 15 is 0 Å². The molecule has 134 valence electrons. The SMILES string of the molecule is COc1ccccc1OCCC(=O)N(C)c1nc(-c2ccccn2)cs1. The predicted octanol–water partition coefficient (Wildman–Crippen LogP) is 3.65. The quantitative estimate of drug-likeness (QED) is 0.636. The number of ether oxygens (including phenoxy) is 2. The monoisotopic (exact) mass is 369 g/mol. The van der Waals surface area contributed by atoms with Gasteiger partial charge in [-0.25, -0.2) is 4.98 Å². The number of para-hydroxylation sites is 2. The van der Waals surface area contributed by atoms with Crippen molar-refractivity contribution in [1.82, 2.24) is 9.97 Å². The number of anilines is 1. The average Bonchev–Trinajstić information content (AvgIpc) is 3.18. The minimum Gasteiger partial charge on any atom is -0.493 e. The van der Waals surface area contributed by atoms with Gasteiger partial charge < -0.3 is 9.47 Å². The number of methoxy groups -OCH3 is 1. The van der Waals surface area contributed by atoms with Crippen LogP contribution >= 0.6 is 11.3 Å². The van der Waals surface area contributed by atoms with Gasteiger partial charge in [-0.3, -0.25) is 14.7 Å². The Kier molecular flexibility index (Phi) is 5.80. The molecule has 0 spiro atoms. The average molecular weight is 369 g/mol. The third-order valence-corrected chi connectivity index (χ3v) is 4.64. The van der Waals surface area contributed by atoms with Crippen LogP contribution in [0.3, 0.4) is 0 Å². The standard InChI is InChI=1S/C19H19N3O3S/c1-22(19-21-15(13-26-19)14-7-5-6-11-20-14)18(23)10-12-25-17-9-4-3-8-16(17)24-2/h3-9,11,13H,10,12H2,1-2H3. The van der Waals surface area contributed by atoms with E-state index in [0.29, 0.717) is 16.6 Å². The van der Waals surface area contributed by atoms with E-state index in [1.807, 2.05) is 47.8 Å². The Hall–Kier alpha value is -2.93. The van der Waals surface area contributed by atoms with Crippen molar-refractivity contribution in [2.45, 2.75) is 6.42 Å². The molecule has 0 fully saturated rings. The molecule has 3 rings (SSSR count). The maximum absolute atomic E-state index is 12.4. The van der Waals surface area contributed by atoms with Crippen LogP contribution in [-0.2, 0) is 4.79 Å². The van der Waals surface area contributed by atoms with Crippen molar-refractivity contribution >= 4 is 22.4 Å². The summed E-state index contributed by atoms with van der Waals surface area (Å²) < 4.78 is 10.9. The molecule has 1 amide bonds. The predicted molar refractivity (Wildman–Crippen MR) is 102 cm³/mol. The molecule has 0 atom stereocenters. The van der Waals surface area contributed by atoms with Crippen molar-refractivity contribution in [3.63, 3.8) is 0 Å². The van der Waals surface area contributed by atoms with Crippen molar-refractivity contribution in [1.29, 1.82) is 0 Å². The molecule has 3 aromatic rings. The van der Waals surface area contributed by atoms with Gasteiger partial charge in [-0.05, 0) is 24.3 Å². The van der Waals surface area contributed by atoms with Crippen LogP contribution < -0.4 is 14.4 Å². The molecule has 2 heterocycles. The first-order chi connectivity index (χ1) is 12.7. The van der Waals surface area contributed by atoms with Crippen molar-refractivity contribution in [2.75, 3.05) is 25.7 Å². The Bertz CT molecular complexity index is 867. The molecule has 0 aliphatic heterocycles. The summed E-state index contributed by atoms with van der Waals surface area (Å²) >= 11 is 1.41. The Morgan fingerprint density at radius 3 is 2.62 bits per heavy atom. The molecule has 0 saturated heterocycles. The van der Waals surface area contributed by atoms with Gasteiger partial charge >= 0.3 is 0 Å². The topological polar surface area (TPSA) is 64.6 Å². The lowest BCUT2D eigenvalue weighted by atomic mass is 10.3. The first-order valence-corrected chi connectivity index (χ1v) is 8.96. The fourth-order valence-electron chi connectivity index (χ4n) is 2.31. The maximum atomic E-state index is 12.4. The lowest BCUT2D eigenvalue weighted by Gasteiger charge is -2.14. The summed E-state index contributed by atoms with van der Waals surface area (Å²) in [7, 11) is 3.30. The van der Waals surface area contributed by atoms with Gasteiger partial charge in [-0.2, -0.15) is 0 Å². The van der Waals surface area contributed by atoms with Crippen LogP contribution in [0.1, 0.15) is 6.42 Å². The van der Waals surface area contributed by atoms with Gasteiger partial charge in [-0.1, -0.05) is 18.2 Å². The summed E-state index contributed by atoms with van der Waals surface area (Å²) in [6.45, 7) is 0.266.